The number of hydrogen-bond donors (Lipinski definition) is 2. The molecular formula is C18H38O2. The zero-order chi connectivity index (χ0) is 15.6. The van der Waals surface area contributed by atoms with E-state index in [1.54, 1.807) is 0 Å². The zero-order valence-corrected chi connectivity index (χ0v) is 14.5. The highest BCUT2D eigenvalue weighted by atomic mass is 16.5. The summed E-state index contributed by atoms with van der Waals surface area (Å²) >= 11 is 0. The monoisotopic (exact) mass is 286 g/mol. The van der Waals surface area contributed by atoms with Crippen LogP contribution in [0.3, 0.4) is 0 Å². The van der Waals surface area contributed by atoms with Gasteiger partial charge in [0.15, 0.2) is 5.79 Å². The highest BCUT2D eigenvalue weighted by Gasteiger charge is 2.51. The van der Waals surface area contributed by atoms with E-state index < -0.39 is 5.79 Å². The van der Waals surface area contributed by atoms with Crippen molar-refractivity contribution in [2.75, 3.05) is 0 Å². The fourth-order valence-electron chi connectivity index (χ4n) is 4.14. The lowest BCUT2D eigenvalue weighted by Crippen LogP contribution is -2.53. The van der Waals surface area contributed by atoms with Gasteiger partial charge in [-0.05, 0) is 31.6 Å². The van der Waals surface area contributed by atoms with Gasteiger partial charge >= 0.3 is 0 Å². The summed E-state index contributed by atoms with van der Waals surface area (Å²) in [7, 11) is 0. The Labute approximate surface area is 127 Å². The third-order valence-corrected chi connectivity index (χ3v) is 4.84. The molecular weight excluding hydrogens is 248 g/mol. The van der Waals surface area contributed by atoms with E-state index >= 15 is 0 Å². The van der Waals surface area contributed by atoms with Gasteiger partial charge in [0.25, 0.3) is 0 Å². The van der Waals surface area contributed by atoms with Gasteiger partial charge in [0.1, 0.15) is 0 Å². The molecule has 2 N–H and O–H groups in total. The van der Waals surface area contributed by atoms with Crippen molar-refractivity contribution in [2.24, 2.45) is 11.3 Å². The van der Waals surface area contributed by atoms with E-state index in [1.807, 2.05) is 6.92 Å². The summed E-state index contributed by atoms with van der Waals surface area (Å²) in [5.74, 6) is -1.08. The molecule has 0 aliphatic rings. The van der Waals surface area contributed by atoms with Crippen LogP contribution in [0, 0.1) is 11.3 Å². The van der Waals surface area contributed by atoms with E-state index in [4.69, 9.17) is 0 Å². The van der Waals surface area contributed by atoms with Crippen molar-refractivity contribution in [1.29, 1.82) is 0 Å². The molecule has 0 aromatic rings. The second-order valence-electron chi connectivity index (χ2n) is 6.50. The van der Waals surface area contributed by atoms with Crippen molar-refractivity contribution in [3.8, 4) is 0 Å². The van der Waals surface area contributed by atoms with Crippen LogP contribution in [-0.2, 0) is 0 Å². The SMILES string of the molecule is CCCC(CCC)C(CCC)(CCC)C(O)(O)CCC. The van der Waals surface area contributed by atoms with Crippen molar-refractivity contribution in [1.82, 2.24) is 0 Å². The Hall–Kier alpha value is -0.0800. The third-order valence-electron chi connectivity index (χ3n) is 4.84. The van der Waals surface area contributed by atoms with Crippen molar-refractivity contribution >= 4 is 0 Å². The highest BCUT2D eigenvalue weighted by molar-refractivity contribution is 4.96. The Kier molecular flexibility index (Phi) is 9.74. The lowest BCUT2D eigenvalue weighted by atomic mass is 9.60. The summed E-state index contributed by atoms with van der Waals surface area (Å²) < 4.78 is 0. The molecule has 0 aliphatic heterocycles. The van der Waals surface area contributed by atoms with E-state index in [0.717, 1.165) is 57.8 Å². The van der Waals surface area contributed by atoms with Crippen molar-refractivity contribution < 1.29 is 10.2 Å². The first-order chi connectivity index (χ1) is 9.45. The van der Waals surface area contributed by atoms with Crippen LogP contribution >= 0.6 is 0 Å². The van der Waals surface area contributed by atoms with E-state index in [2.05, 4.69) is 27.7 Å². The Morgan fingerprint density at radius 2 is 1.05 bits per heavy atom. The summed E-state index contributed by atoms with van der Waals surface area (Å²) in [6.45, 7) is 10.8. The molecule has 0 unspecified atom stereocenters. The Balaban J connectivity index is 5.56. The molecule has 0 heterocycles. The molecule has 0 rings (SSSR count). The summed E-state index contributed by atoms with van der Waals surface area (Å²) in [6.07, 6.45) is 9.71. The maximum absolute atomic E-state index is 10.9. The molecule has 2 heteroatoms. The van der Waals surface area contributed by atoms with Gasteiger partial charge in [-0.25, -0.2) is 0 Å². The van der Waals surface area contributed by atoms with Crippen LogP contribution < -0.4 is 0 Å². The van der Waals surface area contributed by atoms with Gasteiger partial charge in [-0.15, -0.1) is 0 Å². The van der Waals surface area contributed by atoms with Gasteiger partial charge in [-0.1, -0.05) is 66.7 Å². The normalized spacial score (nSPS) is 13.2. The van der Waals surface area contributed by atoms with Crippen LogP contribution in [0.15, 0.2) is 0 Å². The molecule has 0 amide bonds. The van der Waals surface area contributed by atoms with Crippen molar-refractivity contribution in [3.63, 3.8) is 0 Å². The summed E-state index contributed by atoms with van der Waals surface area (Å²) in [4.78, 5) is 0. The minimum atomic E-state index is -1.51. The summed E-state index contributed by atoms with van der Waals surface area (Å²) in [5.41, 5.74) is -0.321. The van der Waals surface area contributed by atoms with E-state index in [-0.39, 0.29) is 5.41 Å². The molecule has 20 heavy (non-hydrogen) atoms. The molecule has 0 atom stereocenters. The van der Waals surface area contributed by atoms with Crippen LogP contribution in [0.2, 0.25) is 0 Å². The summed E-state index contributed by atoms with van der Waals surface area (Å²) in [5, 5.41) is 21.7. The number of aliphatic hydroxyl groups is 2. The Morgan fingerprint density at radius 3 is 1.35 bits per heavy atom. The van der Waals surface area contributed by atoms with Gasteiger partial charge < -0.3 is 10.2 Å². The molecule has 0 fully saturated rings. The molecule has 2 nitrogen and oxygen atoms in total. The lowest BCUT2D eigenvalue weighted by Gasteiger charge is -2.50. The van der Waals surface area contributed by atoms with E-state index in [0.29, 0.717) is 12.3 Å². The smallest absolute Gasteiger partial charge is 0.168 e. The molecule has 0 aromatic heterocycles. The second-order valence-corrected chi connectivity index (χ2v) is 6.50. The van der Waals surface area contributed by atoms with Gasteiger partial charge in [-0.2, -0.15) is 0 Å². The first kappa shape index (κ1) is 19.9. The van der Waals surface area contributed by atoms with Crippen molar-refractivity contribution in [3.05, 3.63) is 0 Å². The maximum Gasteiger partial charge on any atom is 0.168 e. The van der Waals surface area contributed by atoms with Crippen molar-refractivity contribution in [2.45, 2.75) is 105 Å². The van der Waals surface area contributed by atoms with Crippen LogP contribution in [0.5, 0.6) is 0 Å². The van der Waals surface area contributed by atoms with Crippen LogP contribution in [0.1, 0.15) is 98.8 Å². The first-order valence-electron chi connectivity index (χ1n) is 8.90. The van der Waals surface area contributed by atoms with Gasteiger partial charge in [0.2, 0.25) is 0 Å². The minimum Gasteiger partial charge on any atom is -0.365 e. The predicted octanol–water partition coefficient (Wildman–Crippen LogP) is 5.27. The Morgan fingerprint density at radius 1 is 0.650 bits per heavy atom. The maximum atomic E-state index is 10.9. The summed E-state index contributed by atoms with van der Waals surface area (Å²) in [6, 6.07) is 0. The molecule has 0 saturated carbocycles. The lowest BCUT2D eigenvalue weighted by molar-refractivity contribution is -0.271. The predicted molar refractivity (Wildman–Crippen MR) is 87.6 cm³/mol. The average Bonchev–Trinajstić information content (AvgIpc) is 2.38. The minimum absolute atomic E-state index is 0.321. The first-order valence-corrected chi connectivity index (χ1v) is 8.90. The second kappa shape index (κ2) is 9.78. The van der Waals surface area contributed by atoms with Gasteiger partial charge in [0, 0.05) is 11.8 Å². The van der Waals surface area contributed by atoms with Gasteiger partial charge in [0.05, 0.1) is 0 Å². The molecule has 0 spiro atoms. The molecule has 0 saturated heterocycles. The third kappa shape index (κ3) is 4.73. The van der Waals surface area contributed by atoms with Crippen LogP contribution in [0.25, 0.3) is 0 Å². The van der Waals surface area contributed by atoms with Gasteiger partial charge in [-0.3, -0.25) is 0 Å². The quantitative estimate of drug-likeness (QED) is 0.480. The van der Waals surface area contributed by atoms with Crippen LogP contribution in [-0.4, -0.2) is 16.0 Å². The molecule has 122 valence electrons. The molecule has 0 radical (unpaired) electrons. The van der Waals surface area contributed by atoms with E-state index in [1.165, 1.54) is 0 Å². The molecule has 0 aromatic carbocycles. The highest BCUT2D eigenvalue weighted by Crippen LogP contribution is 2.51. The molecule has 0 aliphatic carbocycles. The molecule has 0 bridgehead atoms. The van der Waals surface area contributed by atoms with E-state index in [9.17, 15) is 10.2 Å². The fourth-order valence-corrected chi connectivity index (χ4v) is 4.14. The standard InChI is InChI=1S/C18H38O2/c1-6-11-16(12-7-2)17(13-8-3,14-9-4)18(19,20)15-10-5/h16,19-20H,6-15H2,1-5H3. The Bertz CT molecular complexity index is 224. The topological polar surface area (TPSA) is 40.5 Å². The fraction of sp³-hybridized carbons (Fsp3) is 1.00. The largest absolute Gasteiger partial charge is 0.365 e. The number of hydrogen-bond acceptors (Lipinski definition) is 2. The zero-order valence-electron chi connectivity index (χ0n) is 14.5. The van der Waals surface area contributed by atoms with Crippen LogP contribution in [0.4, 0.5) is 0 Å². The number of rotatable bonds is 12. The average molecular weight is 287 g/mol.